The Balaban J connectivity index is 1.61. The number of nitrogens with zero attached hydrogens (tertiary/aromatic N) is 2. The number of rotatable bonds is 7. The third-order valence-corrected chi connectivity index (χ3v) is 5.64. The van der Waals surface area contributed by atoms with Crippen molar-refractivity contribution in [3.8, 4) is 0 Å². The molecule has 164 valence electrons. The van der Waals surface area contributed by atoms with E-state index < -0.39 is 5.41 Å². The molecule has 0 fully saturated rings. The molecule has 5 heteroatoms. The Kier molecular flexibility index (Phi) is 5.99. The number of fused-ring (bicyclic) bond motifs is 1. The van der Waals surface area contributed by atoms with Crippen molar-refractivity contribution >= 4 is 28.1 Å². The summed E-state index contributed by atoms with van der Waals surface area (Å²) in [5, 5.41) is 5.88. The molecule has 0 aliphatic rings. The number of hydrogen-bond donors (Lipinski definition) is 1. The third-order valence-electron chi connectivity index (χ3n) is 5.64. The predicted molar refractivity (Wildman–Crippen MR) is 129 cm³/mol. The Bertz CT molecular complexity index is 1200. The van der Waals surface area contributed by atoms with Gasteiger partial charge >= 0.3 is 5.97 Å². The number of esters is 1. The Morgan fingerprint density at radius 1 is 0.969 bits per heavy atom. The fraction of sp³-hybridized carbons (Fsp3) is 0.259. The molecule has 4 aromatic rings. The first-order valence-electron chi connectivity index (χ1n) is 10.9. The number of aromatic nitrogens is 2. The Labute approximate surface area is 189 Å². The molecule has 1 N–H and O–H groups in total. The standard InChI is InChI=1S/C27H29N3O2/c1-19(2)32-26(31)27(3,4)25(30-16-15-28-18-30)21-10-12-23(13-11-21)29-24-14-9-20-7-5-6-8-22(20)17-24/h5-19,25,29H,1-4H3. The van der Waals surface area contributed by atoms with Crippen LogP contribution in [0.4, 0.5) is 11.4 Å². The van der Waals surface area contributed by atoms with Crippen molar-refractivity contribution in [1.29, 1.82) is 0 Å². The maximum Gasteiger partial charge on any atom is 0.314 e. The lowest BCUT2D eigenvalue weighted by Crippen LogP contribution is -2.37. The van der Waals surface area contributed by atoms with E-state index in [0.717, 1.165) is 16.9 Å². The second-order valence-electron chi connectivity index (χ2n) is 8.90. The number of hydrogen-bond acceptors (Lipinski definition) is 4. The number of nitrogens with one attached hydrogen (secondary N) is 1. The number of carbonyl (C=O) groups is 1. The van der Waals surface area contributed by atoms with Gasteiger partial charge in [0.1, 0.15) is 0 Å². The van der Waals surface area contributed by atoms with Crippen LogP contribution in [0.2, 0.25) is 0 Å². The number of anilines is 2. The predicted octanol–water partition coefficient (Wildman–Crippen LogP) is 6.35. The molecule has 1 heterocycles. The number of imidazole rings is 1. The summed E-state index contributed by atoms with van der Waals surface area (Å²) in [4.78, 5) is 17.1. The zero-order valence-electron chi connectivity index (χ0n) is 18.9. The summed E-state index contributed by atoms with van der Waals surface area (Å²) in [6.07, 6.45) is 5.19. The molecule has 32 heavy (non-hydrogen) atoms. The lowest BCUT2D eigenvalue weighted by Gasteiger charge is -2.34. The molecule has 0 amide bonds. The van der Waals surface area contributed by atoms with Gasteiger partial charge in [-0.3, -0.25) is 4.79 Å². The zero-order chi connectivity index (χ0) is 22.7. The second kappa shape index (κ2) is 8.87. The van der Waals surface area contributed by atoms with Crippen LogP contribution in [0.1, 0.15) is 39.3 Å². The van der Waals surface area contributed by atoms with Crippen molar-refractivity contribution in [2.24, 2.45) is 5.41 Å². The molecule has 1 atom stereocenters. The van der Waals surface area contributed by atoms with E-state index >= 15 is 0 Å². The Morgan fingerprint density at radius 3 is 2.31 bits per heavy atom. The molecule has 0 saturated carbocycles. The van der Waals surface area contributed by atoms with Gasteiger partial charge in [-0.1, -0.05) is 42.5 Å². The van der Waals surface area contributed by atoms with Crippen LogP contribution in [-0.4, -0.2) is 21.6 Å². The van der Waals surface area contributed by atoms with Crippen LogP contribution in [0.15, 0.2) is 85.5 Å². The first kappa shape index (κ1) is 21.6. The molecule has 1 aromatic heterocycles. The van der Waals surface area contributed by atoms with Crippen LogP contribution in [-0.2, 0) is 9.53 Å². The molecular weight excluding hydrogens is 398 g/mol. The minimum absolute atomic E-state index is 0.168. The minimum Gasteiger partial charge on any atom is -0.462 e. The van der Waals surface area contributed by atoms with E-state index in [1.165, 1.54) is 10.8 Å². The quantitative estimate of drug-likeness (QED) is 0.349. The van der Waals surface area contributed by atoms with Crippen molar-refractivity contribution in [2.45, 2.75) is 39.8 Å². The van der Waals surface area contributed by atoms with E-state index in [1.54, 1.807) is 12.5 Å². The highest BCUT2D eigenvalue weighted by molar-refractivity contribution is 5.86. The van der Waals surface area contributed by atoms with E-state index in [2.05, 4.69) is 52.8 Å². The molecule has 5 nitrogen and oxygen atoms in total. The van der Waals surface area contributed by atoms with Crippen LogP contribution >= 0.6 is 0 Å². The highest BCUT2D eigenvalue weighted by atomic mass is 16.5. The van der Waals surface area contributed by atoms with E-state index in [1.807, 2.05) is 62.7 Å². The molecule has 0 bridgehead atoms. The summed E-state index contributed by atoms with van der Waals surface area (Å²) < 4.78 is 7.53. The molecule has 0 aliphatic heterocycles. The van der Waals surface area contributed by atoms with Gasteiger partial charge in [0.2, 0.25) is 0 Å². The van der Waals surface area contributed by atoms with Crippen molar-refractivity contribution < 1.29 is 9.53 Å². The molecule has 0 saturated heterocycles. The van der Waals surface area contributed by atoms with Gasteiger partial charge in [-0.25, -0.2) is 4.98 Å². The second-order valence-corrected chi connectivity index (χ2v) is 8.90. The van der Waals surface area contributed by atoms with Crippen molar-refractivity contribution in [3.05, 3.63) is 91.0 Å². The molecular formula is C27H29N3O2. The van der Waals surface area contributed by atoms with Gasteiger partial charge in [-0.2, -0.15) is 0 Å². The van der Waals surface area contributed by atoms with Gasteiger partial charge in [0.05, 0.1) is 23.9 Å². The highest BCUT2D eigenvalue weighted by Crippen LogP contribution is 2.39. The first-order chi connectivity index (χ1) is 15.3. The van der Waals surface area contributed by atoms with Crippen LogP contribution in [0, 0.1) is 5.41 Å². The average Bonchev–Trinajstić information content (AvgIpc) is 3.28. The zero-order valence-corrected chi connectivity index (χ0v) is 18.9. The number of benzene rings is 3. The van der Waals surface area contributed by atoms with Crippen LogP contribution in [0.3, 0.4) is 0 Å². The first-order valence-corrected chi connectivity index (χ1v) is 10.9. The Morgan fingerprint density at radius 2 is 1.66 bits per heavy atom. The monoisotopic (exact) mass is 427 g/mol. The Hall–Kier alpha value is -3.60. The van der Waals surface area contributed by atoms with E-state index in [9.17, 15) is 4.79 Å². The van der Waals surface area contributed by atoms with E-state index in [4.69, 9.17) is 4.74 Å². The van der Waals surface area contributed by atoms with Gasteiger partial charge in [0.25, 0.3) is 0 Å². The van der Waals surface area contributed by atoms with Crippen LogP contribution in [0.25, 0.3) is 10.8 Å². The summed E-state index contributed by atoms with van der Waals surface area (Å²) in [6, 6.07) is 22.6. The molecule has 0 radical (unpaired) electrons. The lowest BCUT2D eigenvalue weighted by molar-refractivity contribution is -0.159. The van der Waals surface area contributed by atoms with Crippen molar-refractivity contribution in [3.63, 3.8) is 0 Å². The number of carbonyl (C=O) groups excluding carboxylic acids is 1. The van der Waals surface area contributed by atoms with Gasteiger partial charge in [0, 0.05) is 23.8 Å². The topological polar surface area (TPSA) is 56.1 Å². The highest BCUT2D eigenvalue weighted by Gasteiger charge is 2.40. The largest absolute Gasteiger partial charge is 0.462 e. The molecule has 1 unspecified atom stereocenters. The molecule has 4 rings (SSSR count). The summed E-state index contributed by atoms with van der Waals surface area (Å²) in [5.74, 6) is -0.232. The van der Waals surface area contributed by atoms with Gasteiger partial charge in [-0.15, -0.1) is 0 Å². The van der Waals surface area contributed by atoms with Crippen LogP contribution < -0.4 is 5.32 Å². The molecule has 0 spiro atoms. The smallest absolute Gasteiger partial charge is 0.314 e. The maximum absolute atomic E-state index is 12.9. The summed E-state index contributed by atoms with van der Waals surface area (Å²) >= 11 is 0. The van der Waals surface area contributed by atoms with Gasteiger partial charge in [-0.05, 0) is 68.3 Å². The van der Waals surface area contributed by atoms with Crippen LogP contribution in [0.5, 0.6) is 0 Å². The summed E-state index contributed by atoms with van der Waals surface area (Å²) in [5.41, 5.74) is 2.25. The average molecular weight is 428 g/mol. The SMILES string of the molecule is CC(C)OC(=O)C(C)(C)C(c1ccc(Nc2ccc3ccccc3c2)cc1)n1ccnc1. The fourth-order valence-corrected chi connectivity index (χ4v) is 4.04. The maximum atomic E-state index is 12.9. The number of ether oxygens (including phenoxy) is 1. The van der Waals surface area contributed by atoms with Gasteiger partial charge in [0.15, 0.2) is 0 Å². The summed E-state index contributed by atoms with van der Waals surface area (Å²) in [6.45, 7) is 7.58. The van der Waals surface area contributed by atoms with E-state index in [-0.39, 0.29) is 18.1 Å². The normalized spacial score (nSPS) is 12.7. The lowest BCUT2D eigenvalue weighted by atomic mass is 9.80. The molecule has 3 aromatic carbocycles. The third kappa shape index (κ3) is 4.52. The minimum atomic E-state index is -0.780. The summed E-state index contributed by atoms with van der Waals surface area (Å²) in [7, 11) is 0. The fourth-order valence-electron chi connectivity index (χ4n) is 4.04. The molecule has 0 aliphatic carbocycles. The van der Waals surface area contributed by atoms with Crippen molar-refractivity contribution in [1.82, 2.24) is 9.55 Å². The van der Waals surface area contributed by atoms with E-state index in [0.29, 0.717) is 0 Å². The van der Waals surface area contributed by atoms with Gasteiger partial charge < -0.3 is 14.6 Å². The van der Waals surface area contributed by atoms with Crippen molar-refractivity contribution in [2.75, 3.05) is 5.32 Å².